The zero-order chi connectivity index (χ0) is 26.5. The molecule has 38 heavy (non-hydrogen) atoms. The second-order valence-corrected chi connectivity index (χ2v) is 13.0. The highest BCUT2D eigenvalue weighted by Crippen LogP contribution is 2.64. The van der Waals surface area contributed by atoms with Crippen molar-refractivity contribution in [1.82, 2.24) is 14.7 Å². The summed E-state index contributed by atoms with van der Waals surface area (Å²) in [6, 6.07) is 25.5. The first kappa shape index (κ1) is 24.9. The van der Waals surface area contributed by atoms with Crippen LogP contribution in [0.3, 0.4) is 0 Å². The van der Waals surface area contributed by atoms with E-state index < -0.39 is 15.4 Å². The molecular weight excluding hydrogens is 494 g/mol. The molecule has 0 saturated heterocycles. The van der Waals surface area contributed by atoms with Crippen molar-refractivity contribution in [2.24, 2.45) is 16.7 Å². The maximum atomic E-state index is 13.1. The number of rotatable bonds is 7. The third-order valence-electron chi connectivity index (χ3n) is 8.92. The van der Waals surface area contributed by atoms with Crippen molar-refractivity contribution in [3.8, 4) is 22.5 Å². The number of aromatic nitrogens is 2. The predicted octanol–water partition coefficient (Wildman–Crippen LogP) is 5.78. The minimum atomic E-state index is -3.63. The predicted molar refractivity (Wildman–Crippen MR) is 150 cm³/mol. The van der Waals surface area contributed by atoms with Gasteiger partial charge in [-0.3, -0.25) is 4.79 Å². The molecular formula is C31H31N3O3S. The van der Waals surface area contributed by atoms with Gasteiger partial charge in [-0.2, -0.15) is 0 Å². The second kappa shape index (κ2) is 9.10. The topological polar surface area (TPSA) is 89.0 Å². The van der Waals surface area contributed by atoms with Gasteiger partial charge in [0, 0.05) is 29.5 Å². The molecule has 2 bridgehead atoms. The van der Waals surface area contributed by atoms with Gasteiger partial charge in [0.05, 0.1) is 28.2 Å². The number of fused-ring (bicyclic) bond motifs is 3. The third kappa shape index (κ3) is 4.14. The molecule has 6 rings (SSSR count). The molecule has 2 fully saturated rings. The summed E-state index contributed by atoms with van der Waals surface area (Å²) in [5.41, 5.74) is 4.91. The molecule has 1 aromatic heterocycles. The van der Waals surface area contributed by atoms with E-state index in [0.29, 0.717) is 12.8 Å². The van der Waals surface area contributed by atoms with Gasteiger partial charge in [-0.1, -0.05) is 80.6 Å². The Labute approximate surface area is 223 Å². The highest BCUT2D eigenvalue weighted by molar-refractivity contribution is 7.89. The lowest BCUT2D eigenvalue weighted by molar-refractivity contribution is -0.128. The number of hydrogen-bond acceptors (Lipinski definition) is 5. The molecule has 2 atom stereocenters. The molecule has 0 radical (unpaired) electrons. The molecule has 4 aromatic rings. The van der Waals surface area contributed by atoms with Gasteiger partial charge in [0.1, 0.15) is 5.78 Å². The standard InChI is InChI=1S/C31H31N3O3S/c1-30(2)24-16-17-31(30,27(35)18-24)20-38(36,37)32-19-21-12-14-23(15-13-21)29-28(22-8-4-3-5-9-22)33-25-10-6-7-11-26(25)34-29/h3-15,24,32H,16-20H2,1-2H3. The van der Waals surface area contributed by atoms with Crippen molar-refractivity contribution in [2.75, 3.05) is 5.75 Å². The van der Waals surface area contributed by atoms with Crippen LogP contribution in [0.25, 0.3) is 33.5 Å². The Morgan fingerprint density at radius 3 is 1.97 bits per heavy atom. The quantitative estimate of drug-likeness (QED) is 0.330. The maximum Gasteiger partial charge on any atom is 0.212 e. The van der Waals surface area contributed by atoms with Crippen molar-refractivity contribution in [3.63, 3.8) is 0 Å². The number of para-hydroxylation sites is 2. The lowest BCUT2D eigenvalue weighted by Gasteiger charge is -2.36. The van der Waals surface area contributed by atoms with E-state index in [4.69, 9.17) is 9.97 Å². The first-order valence-corrected chi connectivity index (χ1v) is 14.8. The molecule has 2 aliphatic rings. The zero-order valence-corrected chi connectivity index (χ0v) is 22.5. The van der Waals surface area contributed by atoms with Crippen LogP contribution in [0, 0.1) is 16.7 Å². The number of hydrogen-bond donors (Lipinski definition) is 1. The second-order valence-electron chi connectivity index (χ2n) is 11.2. The van der Waals surface area contributed by atoms with E-state index in [0.717, 1.165) is 45.5 Å². The number of carbonyl (C=O) groups is 1. The van der Waals surface area contributed by atoms with Crippen LogP contribution in [-0.4, -0.2) is 29.9 Å². The molecule has 0 amide bonds. The smallest absolute Gasteiger partial charge is 0.212 e. The number of carbonyl (C=O) groups excluding carboxylic acids is 1. The van der Waals surface area contributed by atoms with Gasteiger partial charge in [0.15, 0.2) is 0 Å². The zero-order valence-electron chi connectivity index (χ0n) is 21.6. The summed E-state index contributed by atoms with van der Waals surface area (Å²) in [6.45, 7) is 4.29. The van der Waals surface area contributed by atoms with E-state index in [2.05, 4.69) is 18.6 Å². The number of ketones is 1. The average Bonchev–Trinajstić information content (AvgIpc) is 3.26. The third-order valence-corrected chi connectivity index (χ3v) is 10.4. The molecule has 3 aromatic carbocycles. The van der Waals surface area contributed by atoms with Gasteiger partial charge in [-0.05, 0) is 41.9 Å². The van der Waals surface area contributed by atoms with Crippen molar-refractivity contribution in [3.05, 3.63) is 84.4 Å². The Bertz CT molecular complexity index is 1630. The Morgan fingerprint density at radius 2 is 1.42 bits per heavy atom. The summed E-state index contributed by atoms with van der Waals surface area (Å²) in [5.74, 6) is 0.268. The highest BCUT2D eigenvalue weighted by Gasteiger charge is 2.65. The maximum absolute atomic E-state index is 13.1. The molecule has 2 unspecified atom stereocenters. The summed E-state index contributed by atoms with van der Waals surface area (Å²) < 4.78 is 29.0. The first-order valence-electron chi connectivity index (χ1n) is 13.1. The van der Waals surface area contributed by atoms with Crippen molar-refractivity contribution in [1.29, 1.82) is 0 Å². The van der Waals surface area contributed by atoms with Crippen molar-refractivity contribution < 1.29 is 13.2 Å². The summed E-state index contributed by atoms with van der Waals surface area (Å²) >= 11 is 0. The van der Waals surface area contributed by atoms with Crippen LogP contribution in [0.1, 0.15) is 38.7 Å². The van der Waals surface area contributed by atoms with Crippen LogP contribution in [0.15, 0.2) is 78.9 Å². The van der Waals surface area contributed by atoms with Crippen LogP contribution >= 0.6 is 0 Å². The van der Waals surface area contributed by atoms with E-state index in [-0.39, 0.29) is 29.4 Å². The number of sulfonamides is 1. The van der Waals surface area contributed by atoms with E-state index in [1.165, 1.54) is 0 Å². The summed E-state index contributed by atoms with van der Waals surface area (Å²) in [7, 11) is -3.63. The van der Waals surface area contributed by atoms with E-state index >= 15 is 0 Å². The monoisotopic (exact) mass is 525 g/mol. The highest BCUT2D eigenvalue weighted by atomic mass is 32.2. The number of nitrogens with one attached hydrogen (secondary N) is 1. The normalized spacial score (nSPS) is 22.3. The SMILES string of the molecule is CC1(C)C2CCC1(CS(=O)(=O)NCc1ccc(-c3nc4ccccc4nc3-c3ccccc3)cc1)C(=O)C2. The largest absolute Gasteiger partial charge is 0.299 e. The van der Waals surface area contributed by atoms with E-state index in [1.807, 2.05) is 78.9 Å². The summed E-state index contributed by atoms with van der Waals surface area (Å²) in [4.78, 5) is 22.7. The van der Waals surface area contributed by atoms with Crippen molar-refractivity contribution >= 4 is 26.8 Å². The molecule has 2 saturated carbocycles. The van der Waals surface area contributed by atoms with Gasteiger partial charge >= 0.3 is 0 Å². The van der Waals surface area contributed by atoms with Gasteiger partial charge in [0.25, 0.3) is 0 Å². The van der Waals surface area contributed by atoms with Gasteiger partial charge < -0.3 is 0 Å². The lowest BCUT2D eigenvalue weighted by atomic mass is 9.70. The molecule has 194 valence electrons. The van der Waals surface area contributed by atoms with E-state index in [9.17, 15) is 13.2 Å². The Hall–Kier alpha value is -3.42. The van der Waals surface area contributed by atoms with E-state index in [1.54, 1.807) is 0 Å². The fraction of sp³-hybridized carbons (Fsp3) is 0.323. The minimum Gasteiger partial charge on any atom is -0.299 e. The Balaban J connectivity index is 1.24. The molecule has 6 nitrogen and oxygen atoms in total. The fourth-order valence-electron chi connectivity index (χ4n) is 6.46. The van der Waals surface area contributed by atoms with Crippen LogP contribution in [0.4, 0.5) is 0 Å². The number of nitrogens with zero attached hydrogens (tertiary/aromatic N) is 2. The van der Waals surface area contributed by atoms with Gasteiger partial charge in [0.2, 0.25) is 10.0 Å². The number of benzene rings is 3. The minimum absolute atomic E-state index is 0.110. The van der Waals surface area contributed by atoms with Gasteiger partial charge in [-0.15, -0.1) is 0 Å². The van der Waals surface area contributed by atoms with Crippen LogP contribution in [0.5, 0.6) is 0 Å². The molecule has 0 aliphatic heterocycles. The fourth-order valence-corrected chi connectivity index (χ4v) is 8.27. The molecule has 2 aliphatic carbocycles. The summed E-state index contributed by atoms with van der Waals surface area (Å²) in [5, 5.41) is 0. The first-order chi connectivity index (χ1) is 18.2. The lowest BCUT2D eigenvalue weighted by Crippen LogP contribution is -2.45. The molecule has 0 spiro atoms. The van der Waals surface area contributed by atoms with Crippen LogP contribution in [-0.2, 0) is 21.4 Å². The number of Topliss-reactive ketones (excluding diaryl/α,β-unsaturated/α-hetero) is 1. The summed E-state index contributed by atoms with van der Waals surface area (Å²) in [6.07, 6.45) is 2.10. The van der Waals surface area contributed by atoms with Gasteiger partial charge in [-0.25, -0.2) is 23.1 Å². The van der Waals surface area contributed by atoms with Crippen molar-refractivity contribution in [2.45, 2.75) is 39.7 Å². The molecule has 7 heteroatoms. The molecule has 1 N–H and O–H groups in total. The average molecular weight is 526 g/mol. The van der Waals surface area contributed by atoms with Crippen LogP contribution < -0.4 is 4.72 Å². The Morgan fingerprint density at radius 1 is 0.842 bits per heavy atom. The van der Waals surface area contributed by atoms with Crippen LogP contribution in [0.2, 0.25) is 0 Å². The molecule has 1 heterocycles. The Kier molecular flexibility index (Phi) is 5.96.